The smallest absolute Gasteiger partial charge is 0.255 e. The van der Waals surface area contributed by atoms with Crippen molar-refractivity contribution in [3.8, 4) is 11.5 Å². The molecule has 0 aromatic heterocycles. The number of carbonyl (C=O) groups excluding carboxylic acids is 1. The molecule has 0 bridgehead atoms. The Labute approximate surface area is 194 Å². The van der Waals surface area contributed by atoms with Crippen LogP contribution in [-0.4, -0.2) is 34.1 Å². The molecule has 0 saturated heterocycles. The summed E-state index contributed by atoms with van der Waals surface area (Å²) in [6.07, 6.45) is 0.728. The molecule has 0 radical (unpaired) electrons. The Bertz CT molecular complexity index is 1190. The second-order valence-electron chi connectivity index (χ2n) is 7.68. The summed E-state index contributed by atoms with van der Waals surface area (Å²) in [5.74, 6) is 0.228. The third kappa shape index (κ3) is 6.57. The number of anilines is 1. The van der Waals surface area contributed by atoms with Crippen LogP contribution in [0.25, 0.3) is 0 Å². The van der Waals surface area contributed by atoms with Gasteiger partial charge < -0.3 is 14.8 Å². The predicted molar refractivity (Wildman–Crippen MR) is 128 cm³/mol. The van der Waals surface area contributed by atoms with Gasteiger partial charge in [-0.1, -0.05) is 42.5 Å². The van der Waals surface area contributed by atoms with E-state index in [1.807, 2.05) is 36.4 Å². The molecule has 3 aromatic rings. The van der Waals surface area contributed by atoms with Crippen molar-refractivity contribution < 1.29 is 22.7 Å². The van der Waals surface area contributed by atoms with Crippen LogP contribution < -0.4 is 19.5 Å². The number of carbonyl (C=O) groups is 1. The molecule has 0 atom stereocenters. The van der Waals surface area contributed by atoms with Crippen LogP contribution in [0.3, 0.4) is 0 Å². The molecule has 33 heavy (non-hydrogen) atoms. The van der Waals surface area contributed by atoms with Crippen molar-refractivity contribution in [1.82, 2.24) is 4.72 Å². The first-order valence-electron chi connectivity index (χ1n) is 10.6. The van der Waals surface area contributed by atoms with Crippen LogP contribution in [0.5, 0.6) is 11.5 Å². The minimum Gasteiger partial charge on any atom is -0.495 e. The lowest BCUT2D eigenvalue weighted by Crippen LogP contribution is -2.30. The van der Waals surface area contributed by atoms with Gasteiger partial charge in [-0.3, -0.25) is 4.79 Å². The normalized spacial score (nSPS) is 11.3. The van der Waals surface area contributed by atoms with E-state index in [0.29, 0.717) is 18.0 Å². The number of amides is 1. The highest BCUT2D eigenvalue weighted by molar-refractivity contribution is 7.89. The molecule has 0 aliphatic carbocycles. The predicted octanol–water partition coefficient (Wildman–Crippen LogP) is 4.26. The zero-order valence-corrected chi connectivity index (χ0v) is 19.7. The average molecular weight is 469 g/mol. The number of benzene rings is 3. The summed E-state index contributed by atoms with van der Waals surface area (Å²) in [5.41, 5.74) is 1.83. The lowest BCUT2D eigenvalue weighted by Gasteiger charge is -2.15. The third-order valence-corrected chi connectivity index (χ3v) is 6.41. The lowest BCUT2D eigenvalue weighted by atomic mass is 10.2. The molecule has 0 aliphatic rings. The summed E-state index contributed by atoms with van der Waals surface area (Å²) in [5, 5.41) is 2.81. The second kappa shape index (κ2) is 11.0. The molecular formula is C25H28N2O5S. The minimum absolute atomic E-state index is 0.0984. The molecule has 1 amide bonds. The molecule has 0 aliphatic heterocycles. The fourth-order valence-electron chi connectivity index (χ4n) is 3.22. The Morgan fingerprint density at radius 1 is 0.939 bits per heavy atom. The lowest BCUT2D eigenvalue weighted by molar-refractivity contribution is 0.102. The zero-order valence-electron chi connectivity index (χ0n) is 18.9. The van der Waals surface area contributed by atoms with Crippen molar-refractivity contribution in [3.05, 3.63) is 83.9 Å². The second-order valence-corrected chi connectivity index (χ2v) is 9.36. The largest absolute Gasteiger partial charge is 0.495 e. The maximum absolute atomic E-state index is 12.9. The van der Waals surface area contributed by atoms with Crippen LogP contribution >= 0.6 is 0 Å². The monoisotopic (exact) mass is 468 g/mol. The maximum atomic E-state index is 12.9. The van der Waals surface area contributed by atoms with E-state index in [4.69, 9.17) is 9.47 Å². The Morgan fingerprint density at radius 2 is 1.64 bits per heavy atom. The van der Waals surface area contributed by atoms with Gasteiger partial charge in [0.25, 0.3) is 5.91 Å². The first-order chi connectivity index (χ1) is 15.8. The fraction of sp³-hybridized carbons (Fsp3) is 0.240. The van der Waals surface area contributed by atoms with E-state index < -0.39 is 15.9 Å². The molecule has 0 saturated carbocycles. The summed E-state index contributed by atoms with van der Waals surface area (Å²) < 4.78 is 39.0. The minimum atomic E-state index is -3.86. The van der Waals surface area contributed by atoms with Gasteiger partial charge in [-0.15, -0.1) is 0 Å². The van der Waals surface area contributed by atoms with Crippen LogP contribution in [0.1, 0.15) is 29.8 Å². The number of nitrogens with one attached hydrogen (secondary N) is 2. The third-order valence-electron chi connectivity index (χ3n) is 4.73. The Balaban J connectivity index is 1.77. The van der Waals surface area contributed by atoms with E-state index in [2.05, 4.69) is 10.0 Å². The quantitative estimate of drug-likeness (QED) is 0.464. The summed E-state index contributed by atoms with van der Waals surface area (Å²) in [6, 6.07) is 21.1. The highest BCUT2D eigenvalue weighted by atomic mass is 32.2. The Morgan fingerprint density at radius 3 is 2.33 bits per heavy atom. The van der Waals surface area contributed by atoms with Crippen molar-refractivity contribution >= 4 is 21.6 Å². The van der Waals surface area contributed by atoms with E-state index in [1.54, 1.807) is 32.0 Å². The maximum Gasteiger partial charge on any atom is 0.255 e. The number of ether oxygens (including phenoxy) is 2. The van der Waals surface area contributed by atoms with Gasteiger partial charge in [-0.05, 0) is 49.7 Å². The molecule has 3 rings (SSSR count). The number of methoxy groups -OCH3 is 1. The van der Waals surface area contributed by atoms with Gasteiger partial charge in [0.05, 0.1) is 19.4 Å². The first-order valence-corrected chi connectivity index (χ1v) is 12.1. The van der Waals surface area contributed by atoms with Gasteiger partial charge in [-0.25, -0.2) is 13.1 Å². The molecule has 0 heterocycles. The standard InChI is InChI=1S/C25H28N2O5S/c1-18(2)27-33(29,30)24-17-20(13-14-23(24)31-3)25(28)26-21-11-7-8-12-22(21)32-16-15-19-9-5-4-6-10-19/h4-14,17-18,27H,15-16H2,1-3H3,(H,26,28). The van der Waals surface area contributed by atoms with Crippen molar-refractivity contribution in [1.29, 1.82) is 0 Å². The Kier molecular flexibility index (Phi) is 8.08. The van der Waals surface area contributed by atoms with E-state index >= 15 is 0 Å². The Hall–Kier alpha value is -3.36. The van der Waals surface area contributed by atoms with E-state index in [0.717, 1.165) is 12.0 Å². The molecule has 7 nitrogen and oxygen atoms in total. The van der Waals surface area contributed by atoms with Crippen LogP contribution in [0.15, 0.2) is 77.7 Å². The number of rotatable bonds is 10. The summed E-state index contributed by atoms with van der Waals surface area (Å²) in [6.45, 7) is 3.88. The molecule has 3 aromatic carbocycles. The van der Waals surface area contributed by atoms with Crippen LogP contribution in [-0.2, 0) is 16.4 Å². The zero-order chi connectivity index (χ0) is 23.8. The van der Waals surface area contributed by atoms with Crippen molar-refractivity contribution in [3.63, 3.8) is 0 Å². The van der Waals surface area contributed by atoms with Gasteiger partial charge in [0.15, 0.2) is 0 Å². The van der Waals surface area contributed by atoms with E-state index in [9.17, 15) is 13.2 Å². The van der Waals surface area contributed by atoms with Crippen LogP contribution in [0.4, 0.5) is 5.69 Å². The number of hydrogen-bond acceptors (Lipinski definition) is 5. The van der Waals surface area contributed by atoms with E-state index in [1.165, 1.54) is 25.3 Å². The van der Waals surface area contributed by atoms with Gasteiger partial charge in [-0.2, -0.15) is 0 Å². The molecule has 0 fully saturated rings. The van der Waals surface area contributed by atoms with Gasteiger partial charge in [0.1, 0.15) is 16.4 Å². The number of sulfonamides is 1. The highest BCUT2D eigenvalue weighted by Crippen LogP contribution is 2.28. The van der Waals surface area contributed by atoms with Gasteiger partial charge >= 0.3 is 0 Å². The fourth-order valence-corrected chi connectivity index (χ4v) is 4.66. The summed E-state index contributed by atoms with van der Waals surface area (Å²) in [7, 11) is -2.48. The first kappa shape index (κ1) is 24.3. The molecule has 0 unspecified atom stereocenters. The van der Waals surface area contributed by atoms with Crippen LogP contribution in [0.2, 0.25) is 0 Å². The summed E-state index contributed by atoms with van der Waals surface area (Å²) in [4.78, 5) is 12.8. The highest BCUT2D eigenvalue weighted by Gasteiger charge is 2.23. The molecule has 0 spiro atoms. The SMILES string of the molecule is COc1ccc(C(=O)Nc2ccccc2OCCc2ccccc2)cc1S(=O)(=O)NC(C)C. The number of para-hydroxylation sites is 2. The van der Waals surface area contributed by atoms with Crippen LogP contribution in [0, 0.1) is 0 Å². The van der Waals surface area contributed by atoms with Crippen molar-refractivity contribution in [2.45, 2.75) is 31.2 Å². The molecular weight excluding hydrogens is 440 g/mol. The van der Waals surface area contributed by atoms with Crippen molar-refractivity contribution in [2.24, 2.45) is 0 Å². The topological polar surface area (TPSA) is 93.7 Å². The molecule has 8 heteroatoms. The summed E-state index contributed by atoms with van der Waals surface area (Å²) >= 11 is 0. The van der Waals surface area contributed by atoms with Crippen molar-refractivity contribution in [2.75, 3.05) is 19.0 Å². The number of hydrogen-bond donors (Lipinski definition) is 2. The van der Waals surface area contributed by atoms with E-state index in [-0.39, 0.29) is 22.3 Å². The molecule has 174 valence electrons. The average Bonchev–Trinajstić information content (AvgIpc) is 2.79. The van der Waals surface area contributed by atoms with Gasteiger partial charge in [0, 0.05) is 18.0 Å². The van der Waals surface area contributed by atoms with Gasteiger partial charge in [0.2, 0.25) is 10.0 Å². The molecule has 2 N–H and O–H groups in total.